The fourth-order valence-corrected chi connectivity index (χ4v) is 6.35. The van der Waals surface area contributed by atoms with Crippen LogP contribution in [0.25, 0.3) is 5.69 Å². The lowest BCUT2D eigenvalue weighted by atomic mass is 9.85. The van der Waals surface area contributed by atoms with E-state index in [1.807, 2.05) is 47.6 Å². The number of aromatic nitrogens is 2. The molecule has 1 spiro atoms. The molecule has 4 heterocycles. The molecule has 3 fully saturated rings. The van der Waals surface area contributed by atoms with Gasteiger partial charge in [-0.1, -0.05) is 30.3 Å². The van der Waals surface area contributed by atoms with Crippen LogP contribution in [0.2, 0.25) is 0 Å². The zero-order valence-electron chi connectivity index (χ0n) is 18.7. The summed E-state index contributed by atoms with van der Waals surface area (Å²) >= 11 is 0. The Bertz CT molecular complexity index is 1210. The standard InChI is InChI=1S/C26H27FN4O2/c1-33-24-10-5-2-7-18(24)15-29-17-20-13-23(30-12-6-11-26(20,30)25(29)32)19-14-28-31(16-19)22-9-4-3-8-21(22)27/h2-5,7-10,14,16,20,23H,6,11-13,15,17H2,1H3/t20-,23-,26-/m0/s1. The third kappa shape index (κ3) is 3.02. The number of carbonyl (C=O) groups is 1. The van der Waals surface area contributed by atoms with Crippen LogP contribution in [0.4, 0.5) is 4.39 Å². The lowest BCUT2D eigenvalue weighted by molar-refractivity contribution is -0.137. The van der Waals surface area contributed by atoms with Crippen molar-refractivity contribution in [2.45, 2.75) is 37.4 Å². The van der Waals surface area contributed by atoms with Gasteiger partial charge in [-0.2, -0.15) is 5.10 Å². The zero-order chi connectivity index (χ0) is 22.6. The van der Waals surface area contributed by atoms with Gasteiger partial charge in [0.15, 0.2) is 0 Å². The number of methoxy groups -OCH3 is 1. The summed E-state index contributed by atoms with van der Waals surface area (Å²) in [6.07, 6.45) is 6.59. The molecule has 1 amide bonds. The molecule has 3 aliphatic heterocycles. The Kier molecular flexibility index (Phi) is 4.76. The molecule has 0 saturated carbocycles. The molecule has 6 nitrogen and oxygen atoms in total. The van der Waals surface area contributed by atoms with E-state index in [1.54, 1.807) is 23.9 Å². The van der Waals surface area contributed by atoms with Crippen LogP contribution in [0.5, 0.6) is 5.75 Å². The average Bonchev–Trinajstić information content (AvgIpc) is 3.58. The molecule has 33 heavy (non-hydrogen) atoms. The Hall–Kier alpha value is -3.19. The van der Waals surface area contributed by atoms with Crippen molar-refractivity contribution in [2.24, 2.45) is 5.92 Å². The van der Waals surface area contributed by atoms with E-state index in [9.17, 15) is 9.18 Å². The van der Waals surface area contributed by atoms with Crippen LogP contribution >= 0.6 is 0 Å². The summed E-state index contributed by atoms with van der Waals surface area (Å²) in [7, 11) is 1.67. The molecule has 170 valence electrons. The topological polar surface area (TPSA) is 50.6 Å². The summed E-state index contributed by atoms with van der Waals surface area (Å²) in [6, 6.07) is 14.7. The van der Waals surface area contributed by atoms with Gasteiger partial charge in [-0.3, -0.25) is 9.69 Å². The molecular formula is C26H27FN4O2. The van der Waals surface area contributed by atoms with E-state index in [4.69, 9.17) is 4.74 Å². The summed E-state index contributed by atoms with van der Waals surface area (Å²) in [5, 5.41) is 4.45. The molecule has 0 aliphatic carbocycles. The quantitative estimate of drug-likeness (QED) is 0.595. The number of likely N-dealkylation sites (tertiary alicyclic amines) is 1. The monoisotopic (exact) mass is 446 g/mol. The number of para-hydroxylation sites is 2. The summed E-state index contributed by atoms with van der Waals surface area (Å²) in [6.45, 7) is 2.23. The highest BCUT2D eigenvalue weighted by Gasteiger charge is 2.65. The number of hydrogen-bond donors (Lipinski definition) is 0. The SMILES string of the molecule is COc1ccccc1CN1C[C@@H]2C[C@@H](c3cnn(-c4ccccc4F)c3)N3CCC[C@@]23C1=O. The van der Waals surface area contributed by atoms with Crippen molar-refractivity contribution >= 4 is 5.91 Å². The molecule has 3 atom stereocenters. The molecule has 7 heteroatoms. The van der Waals surface area contributed by atoms with Crippen molar-refractivity contribution in [3.63, 3.8) is 0 Å². The molecule has 1 aromatic heterocycles. The number of benzene rings is 2. The fraction of sp³-hybridized carbons (Fsp3) is 0.385. The Morgan fingerprint density at radius 1 is 1.18 bits per heavy atom. The Morgan fingerprint density at radius 2 is 2.00 bits per heavy atom. The van der Waals surface area contributed by atoms with E-state index in [0.717, 1.165) is 49.2 Å². The molecule has 3 aromatic rings. The zero-order valence-corrected chi connectivity index (χ0v) is 18.7. The van der Waals surface area contributed by atoms with Crippen LogP contribution in [0.3, 0.4) is 0 Å². The Balaban J connectivity index is 1.27. The highest BCUT2D eigenvalue weighted by atomic mass is 19.1. The van der Waals surface area contributed by atoms with Crippen molar-refractivity contribution in [3.8, 4) is 11.4 Å². The first-order valence-electron chi connectivity index (χ1n) is 11.6. The maximum Gasteiger partial charge on any atom is 0.243 e. The third-order valence-corrected chi connectivity index (χ3v) is 7.77. The van der Waals surface area contributed by atoms with Crippen molar-refractivity contribution in [3.05, 3.63) is 77.9 Å². The molecule has 2 aromatic carbocycles. The lowest BCUT2D eigenvalue weighted by Gasteiger charge is -2.33. The molecule has 0 bridgehead atoms. The van der Waals surface area contributed by atoms with Gasteiger partial charge in [-0.25, -0.2) is 9.07 Å². The summed E-state index contributed by atoms with van der Waals surface area (Å²) in [5.74, 6) is 1.04. The first-order chi connectivity index (χ1) is 16.1. The first-order valence-corrected chi connectivity index (χ1v) is 11.6. The van der Waals surface area contributed by atoms with Gasteiger partial charge < -0.3 is 9.64 Å². The number of rotatable bonds is 5. The minimum Gasteiger partial charge on any atom is -0.496 e. The lowest BCUT2D eigenvalue weighted by Crippen LogP contribution is -2.49. The number of hydrogen-bond acceptors (Lipinski definition) is 4. The average molecular weight is 447 g/mol. The molecular weight excluding hydrogens is 419 g/mol. The van der Waals surface area contributed by atoms with Crippen LogP contribution in [-0.2, 0) is 11.3 Å². The highest BCUT2D eigenvalue weighted by molar-refractivity contribution is 5.90. The normalized spacial score (nSPS) is 26.6. The first kappa shape index (κ1) is 20.4. The van der Waals surface area contributed by atoms with Gasteiger partial charge in [0.25, 0.3) is 0 Å². The van der Waals surface area contributed by atoms with E-state index in [0.29, 0.717) is 12.2 Å². The van der Waals surface area contributed by atoms with Gasteiger partial charge in [0.05, 0.1) is 13.3 Å². The van der Waals surface area contributed by atoms with Crippen molar-refractivity contribution in [1.82, 2.24) is 19.6 Å². The third-order valence-electron chi connectivity index (χ3n) is 7.77. The summed E-state index contributed by atoms with van der Waals surface area (Å²) < 4.78 is 21.4. The maximum absolute atomic E-state index is 14.3. The van der Waals surface area contributed by atoms with Gasteiger partial charge in [-0.05, 0) is 44.0 Å². The van der Waals surface area contributed by atoms with Gasteiger partial charge in [0, 0.05) is 42.4 Å². The second kappa shape index (κ2) is 7.70. The van der Waals surface area contributed by atoms with Crippen molar-refractivity contribution in [2.75, 3.05) is 20.2 Å². The Morgan fingerprint density at radius 3 is 2.85 bits per heavy atom. The molecule has 6 rings (SSSR count). The second-order valence-corrected chi connectivity index (χ2v) is 9.34. The van der Waals surface area contributed by atoms with Crippen molar-refractivity contribution in [1.29, 1.82) is 0 Å². The van der Waals surface area contributed by atoms with Crippen LogP contribution in [-0.4, -0.2) is 51.2 Å². The van der Waals surface area contributed by atoms with Crippen LogP contribution < -0.4 is 4.74 Å². The number of nitrogens with zero attached hydrogens (tertiary/aromatic N) is 4. The fourth-order valence-electron chi connectivity index (χ4n) is 6.35. The highest BCUT2D eigenvalue weighted by Crippen LogP contribution is 2.56. The number of carbonyl (C=O) groups excluding carboxylic acids is 1. The summed E-state index contributed by atoms with van der Waals surface area (Å²) in [5.41, 5.74) is 2.11. The van der Waals surface area contributed by atoms with Crippen LogP contribution in [0.15, 0.2) is 60.9 Å². The minimum atomic E-state index is -0.424. The smallest absolute Gasteiger partial charge is 0.243 e. The Labute approximate surface area is 192 Å². The van der Waals surface area contributed by atoms with E-state index in [2.05, 4.69) is 10.00 Å². The molecule has 0 radical (unpaired) electrons. The number of amides is 1. The van der Waals surface area contributed by atoms with Gasteiger partial charge in [0.1, 0.15) is 22.8 Å². The van der Waals surface area contributed by atoms with Gasteiger partial charge >= 0.3 is 0 Å². The molecule has 0 unspecified atom stereocenters. The number of ether oxygens (including phenoxy) is 1. The van der Waals surface area contributed by atoms with Crippen LogP contribution in [0.1, 0.15) is 36.4 Å². The molecule has 3 saturated heterocycles. The van der Waals surface area contributed by atoms with Gasteiger partial charge in [0.2, 0.25) is 5.91 Å². The van der Waals surface area contributed by atoms with E-state index in [-0.39, 0.29) is 23.7 Å². The summed E-state index contributed by atoms with van der Waals surface area (Å²) in [4.78, 5) is 18.2. The number of halogens is 1. The molecule has 3 aliphatic rings. The van der Waals surface area contributed by atoms with E-state index < -0.39 is 5.54 Å². The van der Waals surface area contributed by atoms with Crippen molar-refractivity contribution < 1.29 is 13.9 Å². The largest absolute Gasteiger partial charge is 0.496 e. The van der Waals surface area contributed by atoms with E-state index in [1.165, 1.54) is 6.07 Å². The second-order valence-electron chi connectivity index (χ2n) is 9.34. The predicted molar refractivity (Wildman–Crippen MR) is 121 cm³/mol. The maximum atomic E-state index is 14.3. The predicted octanol–water partition coefficient (Wildman–Crippen LogP) is 3.96. The van der Waals surface area contributed by atoms with Crippen LogP contribution in [0, 0.1) is 11.7 Å². The van der Waals surface area contributed by atoms with E-state index >= 15 is 0 Å². The molecule has 0 N–H and O–H groups in total. The minimum absolute atomic E-state index is 0.135. The van der Waals surface area contributed by atoms with Gasteiger partial charge in [-0.15, -0.1) is 0 Å².